The van der Waals surface area contributed by atoms with Gasteiger partial charge in [-0.05, 0) is 48.9 Å². The second kappa shape index (κ2) is 10.4. The highest BCUT2D eigenvalue weighted by atomic mass is 32.1. The second-order valence-corrected chi connectivity index (χ2v) is 9.12. The fourth-order valence-electron chi connectivity index (χ4n) is 3.51. The minimum Gasteiger partial charge on any atom is -0.457 e. The maximum absolute atomic E-state index is 13.0. The first-order valence-corrected chi connectivity index (χ1v) is 11.8. The number of carbonyl (C=O) groups excluding carboxylic acids is 2. The lowest BCUT2D eigenvalue weighted by Crippen LogP contribution is -2.21. The highest BCUT2D eigenvalue weighted by Gasteiger charge is 2.18. The Morgan fingerprint density at radius 2 is 1.63 bits per heavy atom. The predicted octanol–water partition coefficient (Wildman–Crippen LogP) is 5.01. The van der Waals surface area contributed by atoms with Crippen molar-refractivity contribution in [1.29, 1.82) is 0 Å². The van der Waals surface area contributed by atoms with E-state index < -0.39 is 0 Å². The Kier molecular flexibility index (Phi) is 7.12. The summed E-state index contributed by atoms with van der Waals surface area (Å²) < 4.78 is 7.40. The van der Waals surface area contributed by atoms with Gasteiger partial charge in [-0.3, -0.25) is 19.0 Å². The van der Waals surface area contributed by atoms with Crippen LogP contribution in [0.4, 0.5) is 5.69 Å². The molecule has 1 heterocycles. The summed E-state index contributed by atoms with van der Waals surface area (Å²) >= 11 is 0.910. The maximum atomic E-state index is 13.0. The van der Waals surface area contributed by atoms with Crippen LogP contribution < -0.4 is 14.9 Å². The molecule has 1 N–H and O–H groups in total. The molecule has 0 saturated carbocycles. The van der Waals surface area contributed by atoms with E-state index in [-0.39, 0.29) is 16.7 Å². The summed E-state index contributed by atoms with van der Waals surface area (Å²) in [6, 6.07) is 23.6. The molecule has 0 atom stereocenters. The van der Waals surface area contributed by atoms with Crippen LogP contribution in [-0.2, 0) is 6.54 Å². The normalized spacial score (nSPS) is 10.6. The Morgan fingerprint density at radius 1 is 0.943 bits per heavy atom. The molecule has 7 nitrogen and oxygen atoms in total. The zero-order valence-corrected chi connectivity index (χ0v) is 20.5. The smallest absolute Gasteiger partial charge is 0.308 e. The average Bonchev–Trinajstić information content (AvgIpc) is 3.13. The quantitative estimate of drug-likeness (QED) is 0.397. The van der Waals surface area contributed by atoms with Crippen LogP contribution in [0.3, 0.4) is 0 Å². The third-order valence-electron chi connectivity index (χ3n) is 5.37. The SMILES string of the molecule is Cc1c(C(=O)Nc2cccc(Oc3ccccc3)c2)sc(=O)n1Cc1ccc(C(=O)N(C)C)cc1. The minimum atomic E-state index is -0.355. The van der Waals surface area contributed by atoms with Crippen LogP contribution in [-0.4, -0.2) is 35.4 Å². The van der Waals surface area contributed by atoms with Gasteiger partial charge in [-0.1, -0.05) is 47.7 Å². The van der Waals surface area contributed by atoms with Crippen LogP contribution in [0.5, 0.6) is 11.5 Å². The number of thiazole rings is 1. The number of amides is 2. The number of nitrogens with zero attached hydrogens (tertiary/aromatic N) is 2. The van der Waals surface area contributed by atoms with Gasteiger partial charge in [0, 0.05) is 37.1 Å². The number of aromatic nitrogens is 1. The molecule has 178 valence electrons. The van der Waals surface area contributed by atoms with Crippen molar-refractivity contribution >= 4 is 28.8 Å². The Labute approximate surface area is 207 Å². The first kappa shape index (κ1) is 24.0. The molecular formula is C27H25N3O4S. The monoisotopic (exact) mass is 487 g/mol. The highest BCUT2D eigenvalue weighted by Crippen LogP contribution is 2.25. The number of hydrogen-bond donors (Lipinski definition) is 1. The lowest BCUT2D eigenvalue weighted by atomic mass is 10.1. The van der Waals surface area contributed by atoms with Gasteiger partial charge in [-0.25, -0.2) is 0 Å². The molecule has 8 heteroatoms. The molecule has 0 aliphatic carbocycles. The molecule has 0 fully saturated rings. The van der Waals surface area contributed by atoms with Gasteiger partial charge in [-0.15, -0.1) is 0 Å². The van der Waals surface area contributed by atoms with E-state index in [1.807, 2.05) is 42.5 Å². The minimum absolute atomic E-state index is 0.0855. The van der Waals surface area contributed by atoms with Crippen molar-refractivity contribution in [2.24, 2.45) is 0 Å². The number of anilines is 1. The molecule has 0 bridgehead atoms. The van der Waals surface area contributed by atoms with Crippen molar-refractivity contribution < 1.29 is 14.3 Å². The molecule has 0 spiro atoms. The third-order valence-corrected chi connectivity index (χ3v) is 6.45. The Morgan fingerprint density at radius 3 is 2.31 bits per heavy atom. The van der Waals surface area contributed by atoms with E-state index in [2.05, 4.69) is 5.32 Å². The molecule has 4 aromatic rings. The van der Waals surface area contributed by atoms with E-state index in [0.717, 1.165) is 16.9 Å². The summed E-state index contributed by atoms with van der Waals surface area (Å²) in [6.45, 7) is 2.07. The van der Waals surface area contributed by atoms with Crippen molar-refractivity contribution in [3.8, 4) is 11.5 Å². The fourth-order valence-corrected chi connectivity index (χ4v) is 4.40. The predicted molar refractivity (Wildman–Crippen MR) is 138 cm³/mol. The first-order chi connectivity index (χ1) is 16.8. The van der Waals surface area contributed by atoms with E-state index in [0.29, 0.717) is 39.9 Å². The lowest BCUT2D eigenvalue weighted by molar-refractivity contribution is 0.0827. The molecule has 0 aliphatic heterocycles. The fraction of sp³-hybridized carbons (Fsp3) is 0.148. The van der Waals surface area contributed by atoms with Gasteiger partial charge in [0.15, 0.2) is 0 Å². The summed E-state index contributed by atoms with van der Waals surface area (Å²) in [5.41, 5.74) is 2.59. The number of ether oxygens (including phenoxy) is 1. The van der Waals surface area contributed by atoms with Crippen molar-refractivity contribution in [3.05, 3.63) is 110 Å². The molecule has 0 saturated heterocycles. The summed E-state index contributed by atoms with van der Waals surface area (Å²) in [5, 5.41) is 2.86. The van der Waals surface area contributed by atoms with E-state index in [1.54, 1.807) is 62.0 Å². The highest BCUT2D eigenvalue weighted by molar-refractivity contribution is 7.11. The second-order valence-electron chi connectivity index (χ2n) is 8.16. The Bertz CT molecular complexity index is 1410. The van der Waals surface area contributed by atoms with E-state index in [4.69, 9.17) is 4.74 Å². The van der Waals surface area contributed by atoms with E-state index in [1.165, 1.54) is 4.90 Å². The average molecular weight is 488 g/mol. The zero-order valence-electron chi connectivity index (χ0n) is 19.6. The molecule has 0 radical (unpaired) electrons. The Hall–Kier alpha value is -4.17. The van der Waals surface area contributed by atoms with Crippen LogP contribution in [0.15, 0.2) is 83.7 Å². The zero-order chi connectivity index (χ0) is 24.9. The molecule has 0 unspecified atom stereocenters. The third kappa shape index (κ3) is 5.67. The van der Waals surface area contributed by atoms with Crippen molar-refractivity contribution in [2.45, 2.75) is 13.5 Å². The van der Waals surface area contributed by atoms with Gasteiger partial charge in [0.25, 0.3) is 11.8 Å². The van der Waals surface area contributed by atoms with Gasteiger partial charge in [0.2, 0.25) is 0 Å². The number of hydrogen-bond acceptors (Lipinski definition) is 5. The van der Waals surface area contributed by atoms with Gasteiger partial charge < -0.3 is 15.0 Å². The molecule has 0 aliphatic rings. The van der Waals surface area contributed by atoms with Crippen molar-refractivity contribution in [3.63, 3.8) is 0 Å². The van der Waals surface area contributed by atoms with Crippen LogP contribution in [0.2, 0.25) is 0 Å². The van der Waals surface area contributed by atoms with E-state index in [9.17, 15) is 14.4 Å². The maximum Gasteiger partial charge on any atom is 0.308 e. The molecule has 1 aromatic heterocycles. The number of benzene rings is 3. The van der Waals surface area contributed by atoms with Gasteiger partial charge in [-0.2, -0.15) is 0 Å². The number of carbonyl (C=O) groups is 2. The standard InChI is InChI=1S/C27H25N3O4S/c1-18-24(25(31)28-21-8-7-11-23(16-21)34-22-9-5-4-6-10-22)35-27(33)30(18)17-19-12-14-20(15-13-19)26(32)29(2)3/h4-16H,17H2,1-3H3,(H,28,31). The number of rotatable bonds is 7. The molecule has 2 amide bonds. The number of nitrogens with one attached hydrogen (secondary N) is 1. The summed E-state index contributed by atoms with van der Waals surface area (Å²) in [6.07, 6.45) is 0. The summed E-state index contributed by atoms with van der Waals surface area (Å²) in [4.78, 5) is 39.4. The van der Waals surface area contributed by atoms with Crippen LogP contribution in [0.1, 0.15) is 31.3 Å². The van der Waals surface area contributed by atoms with Crippen LogP contribution >= 0.6 is 11.3 Å². The van der Waals surface area contributed by atoms with Gasteiger partial charge >= 0.3 is 4.87 Å². The van der Waals surface area contributed by atoms with Gasteiger partial charge in [0.05, 0.1) is 6.54 Å². The van der Waals surface area contributed by atoms with E-state index >= 15 is 0 Å². The lowest BCUT2D eigenvalue weighted by Gasteiger charge is -2.11. The summed E-state index contributed by atoms with van der Waals surface area (Å²) in [5.74, 6) is 0.846. The van der Waals surface area contributed by atoms with Crippen LogP contribution in [0.25, 0.3) is 0 Å². The molecule has 35 heavy (non-hydrogen) atoms. The molecular weight excluding hydrogens is 462 g/mol. The Balaban J connectivity index is 1.48. The number of para-hydroxylation sites is 1. The topological polar surface area (TPSA) is 80.6 Å². The molecule has 3 aromatic carbocycles. The van der Waals surface area contributed by atoms with Gasteiger partial charge in [0.1, 0.15) is 16.4 Å². The largest absolute Gasteiger partial charge is 0.457 e. The first-order valence-electron chi connectivity index (χ1n) is 11.0. The van der Waals surface area contributed by atoms with Crippen molar-refractivity contribution in [2.75, 3.05) is 19.4 Å². The van der Waals surface area contributed by atoms with Crippen LogP contribution in [0, 0.1) is 6.92 Å². The summed E-state index contributed by atoms with van der Waals surface area (Å²) in [7, 11) is 3.40. The van der Waals surface area contributed by atoms with Crippen molar-refractivity contribution in [1.82, 2.24) is 9.47 Å². The molecule has 4 rings (SSSR count).